The van der Waals surface area contributed by atoms with Gasteiger partial charge in [-0.25, -0.2) is 0 Å². The average molecular weight is 249 g/mol. The van der Waals surface area contributed by atoms with Crippen LogP contribution in [0.4, 0.5) is 0 Å². The van der Waals surface area contributed by atoms with Crippen molar-refractivity contribution in [1.82, 2.24) is 15.6 Å². The van der Waals surface area contributed by atoms with Crippen molar-refractivity contribution in [2.45, 2.75) is 12.5 Å². The number of hydrogen-bond acceptors (Lipinski definition) is 4. The van der Waals surface area contributed by atoms with Crippen LogP contribution in [0.1, 0.15) is 5.56 Å². The van der Waals surface area contributed by atoms with E-state index in [4.69, 9.17) is 4.74 Å². The molecule has 1 aliphatic rings. The minimum absolute atomic E-state index is 0.0210. The number of hydrogen-bond donors (Lipinski definition) is 2. The van der Waals surface area contributed by atoms with Gasteiger partial charge in [-0.2, -0.15) is 0 Å². The van der Waals surface area contributed by atoms with E-state index in [0.29, 0.717) is 25.7 Å². The zero-order valence-electron chi connectivity index (χ0n) is 10.6. The zero-order valence-corrected chi connectivity index (χ0v) is 10.6. The molecule has 1 aromatic rings. The van der Waals surface area contributed by atoms with Gasteiger partial charge in [0.1, 0.15) is 0 Å². The second-order valence-corrected chi connectivity index (χ2v) is 4.56. The van der Waals surface area contributed by atoms with Crippen molar-refractivity contribution < 1.29 is 9.53 Å². The quantitative estimate of drug-likeness (QED) is 0.769. The molecule has 0 aromatic carbocycles. The molecule has 0 bridgehead atoms. The van der Waals surface area contributed by atoms with Gasteiger partial charge in [-0.3, -0.25) is 9.78 Å². The molecule has 1 saturated heterocycles. The fourth-order valence-electron chi connectivity index (χ4n) is 2.20. The highest BCUT2D eigenvalue weighted by atomic mass is 16.5. The van der Waals surface area contributed by atoms with E-state index in [1.807, 2.05) is 12.1 Å². The summed E-state index contributed by atoms with van der Waals surface area (Å²) in [7, 11) is 1.76. The molecule has 0 aliphatic carbocycles. The van der Waals surface area contributed by atoms with Crippen LogP contribution in [0.5, 0.6) is 0 Å². The Morgan fingerprint density at radius 2 is 2.22 bits per heavy atom. The number of rotatable bonds is 5. The van der Waals surface area contributed by atoms with Crippen LogP contribution in [-0.4, -0.2) is 43.7 Å². The first-order chi connectivity index (χ1) is 8.79. The summed E-state index contributed by atoms with van der Waals surface area (Å²) in [6.07, 6.45) is 4.49. The van der Waals surface area contributed by atoms with E-state index < -0.39 is 0 Å². The number of pyridine rings is 1. The minimum Gasteiger partial charge on any atom is -0.379 e. The van der Waals surface area contributed by atoms with E-state index in [9.17, 15) is 4.79 Å². The Hall–Kier alpha value is -1.46. The van der Waals surface area contributed by atoms with Crippen LogP contribution in [0.15, 0.2) is 24.5 Å². The lowest BCUT2D eigenvalue weighted by atomic mass is 9.95. The summed E-state index contributed by atoms with van der Waals surface area (Å²) >= 11 is 0. The average Bonchev–Trinajstić information content (AvgIpc) is 2.78. The third-order valence-electron chi connectivity index (χ3n) is 3.13. The van der Waals surface area contributed by atoms with E-state index in [0.717, 1.165) is 6.42 Å². The standard InChI is InChI=1S/C13H19N3O2/c1-14-7-13(17)16-12-9-18-8-11(12)6-10-2-4-15-5-3-10/h2-5,11-12,14H,6-9H2,1H3,(H,16,17)/t11-,12-/m1/s1. The van der Waals surface area contributed by atoms with E-state index in [2.05, 4.69) is 15.6 Å². The summed E-state index contributed by atoms with van der Waals surface area (Å²) in [5.74, 6) is 0.362. The topological polar surface area (TPSA) is 63.2 Å². The Balaban J connectivity index is 1.89. The second-order valence-electron chi connectivity index (χ2n) is 4.56. The molecule has 0 unspecified atom stereocenters. The molecule has 5 nitrogen and oxygen atoms in total. The van der Waals surface area contributed by atoms with Crippen molar-refractivity contribution in [2.75, 3.05) is 26.8 Å². The fourth-order valence-corrected chi connectivity index (χ4v) is 2.20. The second kappa shape index (κ2) is 6.47. The maximum Gasteiger partial charge on any atom is 0.234 e. The molecule has 1 aromatic heterocycles. The van der Waals surface area contributed by atoms with Crippen molar-refractivity contribution in [3.05, 3.63) is 30.1 Å². The fraction of sp³-hybridized carbons (Fsp3) is 0.538. The molecule has 2 heterocycles. The third kappa shape index (κ3) is 3.51. The summed E-state index contributed by atoms with van der Waals surface area (Å²) < 4.78 is 5.47. The lowest BCUT2D eigenvalue weighted by Gasteiger charge is -2.19. The molecule has 0 radical (unpaired) electrons. The van der Waals surface area contributed by atoms with Gasteiger partial charge < -0.3 is 15.4 Å². The molecule has 1 fully saturated rings. The number of aromatic nitrogens is 1. The van der Waals surface area contributed by atoms with E-state index in [-0.39, 0.29) is 11.9 Å². The SMILES string of the molecule is CNCC(=O)N[C@@H]1COC[C@H]1Cc1ccncc1. The predicted molar refractivity (Wildman–Crippen MR) is 68.1 cm³/mol. The van der Waals surface area contributed by atoms with Crippen molar-refractivity contribution in [3.63, 3.8) is 0 Å². The molecule has 18 heavy (non-hydrogen) atoms. The molecule has 2 rings (SSSR count). The van der Waals surface area contributed by atoms with Crippen LogP contribution < -0.4 is 10.6 Å². The summed E-state index contributed by atoms with van der Waals surface area (Å²) in [5, 5.41) is 5.85. The van der Waals surface area contributed by atoms with Gasteiger partial charge in [0.15, 0.2) is 0 Å². The van der Waals surface area contributed by atoms with Crippen LogP contribution in [0, 0.1) is 5.92 Å². The lowest BCUT2D eigenvalue weighted by molar-refractivity contribution is -0.121. The van der Waals surface area contributed by atoms with Crippen LogP contribution in [0.3, 0.4) is 0 Å². The normalized spacial score (nSPS) is 22.9. The number of nitrogens with zero attached hydrogens (tertiary/aromatic N) is 1. The number of amides is 1. The van der Waals surface area contributed by atoms with Crippen molar-refractivity contribution in [2.24, 2.45) is 5.92 Å². The Morgan fingerprint density at radius 3 is 2.94 bits per heavy atom. The van der Waals surface area contributed by atoms with Gasteiger partial charge in [0.25, 0.3) is 0 Å². The third-order valence-corrected chi connectivity index (χ3v) is 3.13. The van der Waals surface area contributed by atoms with Crippen LogP contribution in [0.2, 0.25) is 0 Å². The van der Waals surface area contributed by atoms with Crippen LogP contribution in [0.25, 0.3) is 0 Å². The van der Waals surface area contributed by atoms with E-state index >= 15 is 0 Å². The molecule has 0 spiro atoms. The summed E-state index contributed by atoms with van der Waals surface area (Å²) in [5.41, 5.74) is 1.23. The molecular weight excluding hydrogens is 230 g/mol. The van der Waals surface area contributed by atoms with Gasteiger partial charge >= 0.3 is 0 Å². The molecule has 98 valence electrons. The first-order valence-corrected chi connectivity index (χ1v) is 6.20. The van der Waals surface area contributed by atoms with Gasteiger partial charge in [0.05, 0.1) is 25.8 Å². The highest BCUT2D eigenvalue weighted by molar-refractivity contribution is 5.78. The number of carbonyl (C=O) groups excluding carboxylic acids is 1. The molecule has 0 saturated carbocycles. The Bertz CT molecular complexity index is 383. The van der Waals surface area contributed by atoms with Gasteiger partial charge in [-0.05, 0) is 31.2 Å². The summed E-state index contributed by atoms with van der Waals surface area (Å²) in [6, 6.07) is 4.12. The maximum absolute atomic E-state index is 11.6. The van der Waals surface area contributed by atoms with Crippen LogP contribution in [-0.2, 0) is 16.0 Å². The number of nitrogens with one attached hydrogen (secondary N) is 2. The summed E-state index contributed by atoms with van der Waals surface area (Å²) in [4.78, 5) is 15.6. The van der Waals surface area contributed by atoms with Gasteiger partial charge in [0.2, 0.25) is 5.91 Å². The first-order valence-electron chi connectivity index (χ1n) is 6.20. The smallest absolute Gasteiger partial charge is 0.234 e. The van der Waals surface area contributed by atoms with Crippen LogP contribution >= 0.6 is 0 Å². The van der Waals surface area contributed by atoms with E-state index in [1.165, 1.54) is 5.56 Å². The highest BCUT2D eigenvalue weighted by Gasteiger charge is 2.29. The Kier molecular flexibility index (Phi) is 4.66. The van der Waals surface area contributed by atoms with Gasteiger partial charge in [-0.15, -0.1) is 0 Å². The largest absolute Gasteiger partial charge is 0.379 e. The number of carbonyl (C=O) groups is 1. The molecule has 5 heteroatoms. The Labute approximate surface area is 107 Å². The minimum atomic E-state index is 0.0210. The van der Waals surface area contributed by atoms with Crippen molar-refractivity contribution in [3.8, 4) is 0 Å². The van der Waals surface area contributed by atoms with Gasteiger partial charge in [0, 0.05) is 18.3 Å². The summed E-state index contributed by atoms with van der Waals surface area (Å²) in [6.45, 7) is 1.65. The molecule has 1 amide bonds. The highest BCUT2D eigenvalue weighted by Crippen LogP contribution is 2.18. The maximum atomic E-state index is 11.6. The molecule has 1 aliphatic heterocycles. The predicted octanol–water partition coefficient (Wildman–Crippen LogP) is -0.0253. The lowest BCUT2D eigenvalue weighted by Crippen LogP contribution is -2.43. The zero-order chi connectivity index (χ0) is 12.8. The molecular formula is C13H19N3O2. The molecule has 2 N–H and O–H groups in total. The first kappa shape index (κ1) is 13.0. The monoisotopic (exact) mass is 249 g/mol. The number of ether oxygens (including phenoxy) is 1. The molecule has 2 atom stereocenters. The Morgan fingerprint density at radius 1 is 1.44 bits per heavy atom. The van der Waals surface area contributed by atoms with Crippen molar-refractivity contribution in [1.29, 1.82) is 0 Å². The number of likely N-dealkylation sites (N-methyl/N-ethyl adjacent to an activating group) is 1. The van der Waals surface area contributed by atoms with E-state index in [1.54, 1.807) is 19.4 Å². The van der Waals surface area contributed by atoms with Gasteiger partial charge in [-0.1, -0.05) is 0 Å². The van der Waals surface area contributed by atoms with Crippen molar-refractivity contribution >= 4 is 5.91 Å².